The van der Waals surface area contributed by atoms with Gasteiger partial charge in [0.15, 0.2) is 5.92 Å². The molecule has 39 heavy (non-hydrogen) atoms. The lowest BCUT2D eigenvalue weighted by molar-refractivity contribution is -0.172. The van der Waals surface area contributed by atoms with Crippen molar-refractivity contribution in [1.29, 1.82) is 0 Å². The molecular weight excluding hydrogens is 533 g/mol. The summed E-state index contributed by atoms with van der Waals surface area (Å²) in [5.41, 5.74) is 0.376. The molecule has 6 nitrogen and oxygen atoms in total. The van der Waals surface area contributed by atoms with E-state index in [2.05, 4.69) is 5.32 Å². The van der Waals surface area contributed by atoms with Crippen molar-refractivity contribution < 1.29 is 32.2 Å². The molecule has 0 saturated carbocycles. The third kappa shape index (κ3) is 8.11. The maximum absolute atomic E-state index is 13.7. The van der Waals surface area contributed by atoms with E-state index in [-0.39, 0.29) is 17.5 Å². The Morgan fingerprint density at radius 3 is 2.46 bits per heavy atom. The largest absolute Gasteiger partial charge is 0.494 e. The lowest BCUT2D eigenvalue weighted by Crippen LogP contribution is -2.44. The summed E-state index contributed by atoms with van der Waals surface area (Å²) < 4.78 is 52.2. The number of hydrogen-bond donors (Lipinski definition) is 1. The number of ether oxygens (including phenoxy) is 2. The Morgan fingerprint density at radius 2 is 1.82 bits per heavy atom. The number of likely N-dealkylation sites (tertiary alicyclic amines) is 1. The van der Waals surface area contributed by atoms with Gasteiger partial charge in [-0.1, -0.05) is 48.4 Å². The Bertz CT molecular complexity index is 1100. The maximum Gasteiger partial charge on any atom is 0.404 e. The molecule has 0 aliphatic carbocycles. The van der Waals surface area contributed by atoms with Gasteiger partial charge in [-0.25, -0.2) is 0 Å². The van der Waals surface area contributed by atoms with Crippen LogP contribution in [0.5, 0.6) is 5.75 Å². The van der Waals surface area contributed by atoms with E-state index in [9.17, 15) is 22.8 Å². The van der Waals surface area contributed by atoms with Crippen LogP contribution in [0, 0.1) is 5.92 Å². The van der Waals surface area contributed by atoms with E-state index in [1.807, 2.05) is 0 Å². The average molecular weight is 567 g/mol. The highest BCUT2D eigenvalue weighted by Gasteiger charge is 2.47. The van der Waals surface area contributed by atoms with Gasteiger partial charge in [-0.2, -0.15) is 13.2 Å². The Labute approximate surface area is 231 Å². The molecular formula is C29H34ClF3N2O4. The summed E-state index contributed by atoms with van der Waals surface area (Å²) in [5, 5.41) is 3.24. The third-order valence-electron chi connectivity index (χ3n) is 7.36. The predicted molar refractivity (Wildman–Crippen MR) is 142 cm³/mol. The van der Waals surface area contributed by atoms with Crippen molar-refractivity contribution >= 4 is 23.4 Å². The summed E-state index contributed by atoms with van der Waals surface area (Å²) in [4.78, 5) is 26.6. The quantitative estimate of drug-likeness (QED) is 0.359. The molecule has 0 spiro atoms. The van der Waals surface area contributed by atoms with Gasteiger partial charge in [-0.05, 0) is 61.8 Å². The number of hydrogen-bond acceptors (Lipinski definition) is 4. The minimum Gasteiger partial charge on any atom is -0.494 e. The number of amides is 2. The van der Waals surface area contributed by atoms with Crippen LogP contribution in [0.1, 0.15) is 60.4 Å². The van der Waals surface area contributed by atoms with Crippen LogP contribution in [0.15, 0.2) is 48.5 Å². The predicted octanol–water partition coefficient (Wildman–Crippen LogP) is 5.99. The first kappa shape index (κ1) is 29.2. The number of halogens is 4. The number of piperidine rings is 1. The van der Waals surface area contributed by atoms with E-state index in [4.69, 9.17) is 21.1 Å². The summed E-state index contributed by atoms with van der Waals surface area (Å²) >= 11 is 6.30. The molecule has 0 radical (unpaired) electrons. The van der Waals surface area contributed by atoms with Crippen LogP contribution in [-0.2, 0) is 9.53 Å². The topological polar surface area (TPSA) is 67.9 Å². The molecule has 4 rings (SSSR count). The fourth-order valence-electron chi connectivity index (χ4n) is 5.15. The van der Waals surface area contributed by atoms with Gasteiger partial charge in [0.2, 0.25) is 5.91 Å². The number of alkyl halides is 3. The summed E-state index contributed by atoms with van der Waals surface area (Å²) in [6.45, 7) is 2.32. The van der Waals surface area contributed by atoms with Gasteiger partial charge in [0.1, 0.15) is 5.75 Å². The Hall–Kier alpha value is -2.78. The summed E-state index contributed by atoms with van der Waals surface area (Å²) in [5.74, 6) is -2.26. The molecule has 2 aliphatic heterocycles. The molecule has 1 N–H and O–H groups in total. The molecule has 2 saturated heterocycles. The first-order valence-electron chi connectivity index (χ1n) is 13.4. The van der Waals surface area contributed by atoms with Gasteiger partial charge < -0.3 is 19.7 Å². The highest BCUT2D eigenvalue weighted by atomic mass is 35.5. The average Bonchev–Trinajstić information content (AvgIpc) is 3.42. The molecule has 2 unspecified atom stereocenters. The van der Waals surface area contributed by atoms with Gasteiger partial charge in [0.05, 0.1) is 29.8 Å². The van der Waals surface area contributed by atoms with Crippen molar-refractivity contribution in [3.8, 4) is 5.75 Å². The van der Waals surface area contributed by atoms with Crippen molar-refractivity contribution in [2.45, 2.75) is 56.7 Å². The summed E-state index contributed by atoms with van der Waals surface area (Å²) in [7, 11) is 0. The second-order valence-electron chi connectivity index (χ2n) is 10.2. The van der Waals surface area contributed by atoms with Gasteiger partial charge in [0, 0.05) is 19.7 Å². The van der Waals surface area contributed by atoms with Crippen LogP contribution < -0.4 is 10.1 Å². The molecule has 2 aromatic carbocycles. The zero-order chi connectivity index (χ0) is 27.8. The standard InChI is InChI=1S/C29H34ClF3N2O4/c30-25-18-23(9-10-24(25)27(36)34-22-13-17-38-19-22)39-16-5-4-6-20-11-14-35(15-12-20)28(37)26(29(31,32)33)21-7-2-1-3-8-21/h1-3,7-10,18,20,22,26H,4-6,11-17,19H2,(H,34,36). The van der Waals surface area contributed by atoms with E-state index < -0.39 is 18.0 Å². The number of unbranched alkanes of at least 4 members (excludes halogenated alkanes) is 1. The van der Waals surface area contributed by atoms with Crippen LogP contribution in [-0.4, -0.2) is 61.8 Å². The molecule has 0 bridgehead atoms. The zero-order valence-corrected chi connectivity index (χ0v) is 22.5. The monoisotopic (exact) mass is 566 g/mol. The van der Waals surface area contributed by atoms with E-state index in [1.54, 1.807) is 24.3 Å². The smallest absolute Gasteiger partial charge is 0.404 e. The van der Waals surface area contributed by atoms with Crippen LogP contribution >= 0.6 is 11.6 Å². The highest BCUT2D eigenvalue weighted by molar-refractivity contribution is 6.34. The maximum atomic E-state index is 13.7. The van der Waals surface area contributed by atoms with Crippen LogP contribution in [0.2, 0.25) is 5.02 Å². The van der Waals surface area contributed by atoms with Crippen molar-refractivity contribution in [3.05, 3.63) is 64.7 Å². The van der Waals surface area contributed by atoms with E-state index in [0.29, 0.717) is 68.0 Å². The number of nitrogens with one attached hydrogen (secondary N) is 1. The molecule has 10 heteroatoms. The van der Waals surface area contributed by atoms with Crippen molar-refractivity contribution in [2.75, 3.05) is 32.9 Å². The Morgan fingerprint density at radius 1 is 1.08 bits per heavy atom. The van der Waals surface area contributed by atoms with Crippen LogP contribution in [0.25, 0.3) is 0 Å². The Balaban J connectivity index is 1.16. The molecule has 0 aromatic heterocycles. The highest BCUT2D eigenvalue weighted by Crippen LogP contribution is 2.37. The lowest BCUT2D eigenvalue weighted by Gasteiger charge is -2.35. The molecule has 2 aliphatic rings. The second kappa shape index (κ2) is 13.5. The van der Waals surface area contributed by atoms with Crippen molar-refractivity contribution in [2.24, 2.45) is 5.92 Å². The lowest BCUT2D eigenvalue weighted by atomic mass is 9.90. The van der Waals surface area contributed by atoms with Crippen LogP contribution in [0.3, 0.4) is 0 Å². The number of carbonyl (C=O) groups excluding carboxylic acids is 2. The van der Waals surface area contributed by atoms with Gasteiger partial charge >= 0.3 is 6.18 Å². The number of carbonyl (C=O) groups is 2. The van der Waals surface area contributed by atoms with Crippen molar-refractivity contribution in [3.63, 3.8) is 0 Å². The van der Waals surface area contributed by atoms with Crippen molar-refractivity contribution in [1.82, 2.24) is 10.2 Å². The molecule has 2 aromatic rings. The SMILES string of the molecule is O=C(NC1CCOC1)c1ccc(OCCCCC2CCN(C(=O)C(c3ccccc3)C(F)(F)F)CC2)cc1Cl. The summed E-state index contributed by atoms with van der Waals surface area (Å²) in [6.07, 6.45) is 0.190. The fourth-order valence-corrected chi connectivity index (χ4v) is 5.40. The Kier molecular flexibility index (Phi) is 10.1. The first-order valence-corrected chi connectivity index (χ1v) is 13.8. The normalized spacial score (nSPS) is 19.1. The molecule has 2 amide bonds. The molecule has 2 atom stereocenters. The minimum atomic E-state index is -4.63. The van der Waals surface area contributed by atoms with E-state index >= 15 is 0 Å². The van der Waals surface area contributed by atoms with Crippen LogP contribution in [0.4, 0.5) is 13.2 Å². The summed E-state index contributed by atoms with van der Waals surface area (Å²) in [6, 6.07) is 12.4. The zero-order valence-electron chi connectivity index (χ0n) is 21.7. The van der Waals surface area contributed by atoms with E-state index in [1.165, 1.54) is 29.2 Å². The van der Waals surface area contributed by atoms with Gasteiger partial charge in [-0.15, -0.1) is 0 Å². The third-order valence-corrected chi connectivity index (χ3v) is 7.67. The molecule has 2 fully saturated rings. The van der Waals surface area contributed by atoms with E-state index in [0.717, 1.165) is 25.7 Å². The minimum absolute atomic E-state index is 0.00307. The van der Waals surface area contributed by atoms with Gasteiger partial charge in [-0.3, -0.25) is 9.59 Å². The first-order chi connectivity index (χ1) is 18.7. The molecule has 2 heterocycles. The van der Waals surface area contributed by atoms with Gasteiger partial charge in [0.25, 0.3) is 5.91 Å². The fraction of sp³-hybridized carbons (Fsp3) is 0.517. The second-order valence-corrected chi connectivity index (χ2v) is 10.6. The number of nitrogens with zero attached hydrogens (tertiary/aromatic N) is 1. The molecule has 212 valence electrons. The number of benzene rings is 2. The number of rotatable bonds is 10.